The van der Waals surface area contributed by atoms with Gasteiger partial charge in [0.25, 0.3) is 5.91 Å². The summed E-state index contributed by atoms with van der Waals surface area (Å²) < 4.78 is 0. The Kier molecular flexibility index (Phi) is 5.58. The van der Waals surface area contributed by atoms with Crippen LogP contribution < -0.4 is 0 Å². The number of carbonyl (C=O) groups is 2. The van der Waals surface area contributed by atoms with Crippen LogP contribution in [-0.4, -0.2) is 72.3 Å². The van der Waals surface area contributed by atoms with Gasteiger partial charge in [-0.1, -0.05) is 0 Å². The second-order valence-corrected chi connectivity index (χ2v) is 7.36. The lowest BCUT2D eigenvalue weighted by atomic mass is 10.2. The van der Waals surface area contributed by atoms with Crippen LogP contribution in [0, 0.1) is 6.92 Å². The Morgan fingerprint density at radius 1 is 1.23 bits per heavy atom. The second-order valence-electron chi connectivity index (χ2n) is 6.08. The SMILES string of the molecule is Cc1ccc(C(=O)N2CCN(CC(=O)N(C)C(C)C)CC2)s1. The molecule has 5 nitrogen and oxygen atoms in total. The van der Waals surface area contributed by atoms with Crippen molar-refractivity contribution in [2.24, 2.45) is 0 Å². The molecule has 6 heteroatoms. The Morgan fingerprint density at radius 3 is 2.36 bits per heavy atom. The number of hydrogen-bond donors (Lipinski definition) is 0. The van der Waals surface area contributed by atoms with E-state index in [1.54, 1.807) is 16.2 Å². The molecule has 0 spiro atoms. The number of likely N-dealkylation sites (N-methyl/N-ethyl adjacent to an activating group) is 1. The molecule has 0 aromatic carbocycles. The average Bonchev–Trinajstić information content (AvgIpc) is 2.93. The molecule has 1 saturated heterocycles. The van der Waals surface area contributed by atoms with Crippen molar-refractivity contribution >= 4 is 23.2 Å². The van der Waals surface area contributed by atoms with Gasteiger partial charge in [0.15, 0.2) is 0 Å². The third-order valence-electron chi connectivity index (χ3n) is 4.14. The highest BCUT2D eigenvalue weighted by Crippen LogP contribution is 2.18. The summed E-state index contributed by atoms with van der Waals surface area (Å²) in [6.45, 7) is 9.37. The third kappa shape index (κ3) is 4.08. The summed E-state index contributed by atoms with van der Waals surface area (Å²) in [5.74, 6) is 0.257. The fourth-order valence-electron chi connectivity index (χ4n) is 2.41. The van der Waals surface area contributed by atoms with Gasteiger partial charge in [-0.2, -0.15) is 0 Å². The van der Waals surface area contributed by atoms with Gasteiger partial charge < -0.3 is 9.80 Å². The summed E-state index contributed by atoms with van der Waals surface area (Å²) in [5, 5.41) is 0. The van der Waals surface area contributed by atoms with Crippen LogP contribution >= 0.6 is 11.3 Å². The van der Waals surface area contributed by atoms with Crippen molar-refractivity contribution in [3.05, 3.63) is 21.9 Å². The van der Waals surface area contributed by atoms with Crippen molar-refractivity contribution < 1.29 is 9.59 Å². The highest BCUT2D eigenvalue weighted by molar-refractivity contribution is 7.13. The number of thiophene rings is 1. The maximum Gasteiger partial charge on any atom is 0.264 e. The largest absolute Gasteiger partial charge is 0.342 e. The van der Waals surface area contributed by atoms with Gasteiger partial charge in [-0.25, -0.2) is 0 Å². The van der Waals surface area contributed by atoms with Crippen LogP contribution in [0.4, 0.5) is 0 Å². The van der Waals surface area contributed by atoms with Gasteiger partial charge in [-0.3, -0.25) is 14.5 Å². The molecule has 0 N–H and O–H groups in total. The first kappa shape index (κ1) is 17.0. The molecule has 1 aromatic heterocycles. The zero-order valence-electron chi connectivity index (χ0n) is 13.8. The molecule has 0 unspecified atom stereocenters. The molecule has 0 bridgehead atoms. The van der Waals surface area contributed by atoms with E-state index in [1.165, 1.54) is 0 Å². The number of rotatable bonds is 4. The summed E-state index contributed by atoms with van der Waals surface area (Å²) in [4.78, 5) is 32.2. The van der Waals surface area contributed by atoms with Gasteiger partial charge in [0.05, 0.1) is 11.4 Å². The fraction of sp³-hybridized carbons (Fsp3) is 0.625. The standard InChI is InChI=1S/C16H25N3O2S/c1-12(2)17(4)15(20)11-18-7-9-19(10-8-18)16(21)14-6-5-13(3)22-14/h5-6,12H,7-11H2,1-4H3. The first-order chi connectivity index (χ1) is 10.4. The quantitative estimate of drug-likeness (QED) is 0.847. The molecule has 0 radical (unpaired) electrons. The molecule has 122 valence electrons. The maximum atomic E-state index is 12.4. The van der Waals surface area contributed by atoms with E-state index in [0.717, 1.165) is 22.8 Å². The van der Waals surface area contributed by atoms with Crippen molar-refractivity contribution in [1.29, 1.82) is 0 Å². The number of carbonyl (C=O) groups excluding carboxylic acids is 2. The average molecular weight is 323 g/mol. The molecule has 0 atom stereocenters. The molecule has 2 amide bonds. The van der Waals surface area contributed by atoms with Crippen LogP contribution in [0.3, 0.4) is 0 Å². The van der Waals surface area contributed by atoms with Crippen LogP contribution in [0.25, 0.3) is 0 Å². The van der Waals surface area contributed by atoms with Gasteiger partial charge in [0.2, 0.25) is 5.91 Å². The molecule has 1 fully saturated rings. The molecular weight excluding hydrogens is 298 g/mol. The number of aryl methyl sites for hydroxylation is 1. The minimum absolute atomic E-state index is 0.114. The Morgan fingerprint density at radius 2 is 1.86 bits per heavy atom. The predicted molar refractivity (Wildman–Crippen MR) is 89.3 cm³/mol. The van der Waals surface area contributed by atoms with Gasteiger partial charge in [-0.05, 0) is 32.9 Å². The van der Waals surface area contributed by atoms with Crippen LogP contribution in [0.5, 0.6) is 0 Å². The van der Waals surface area contributed by atoms with Gasteiger partial charge in [0.1, 0.15) is 0 Å². The lowest BCUT2D eigenvalue weighted by Gasteiger charge is -2.35. The van der Waals surface area contributed by atoms with Gasteiger partial charge >= 0.3 is 0 Å². The predicted octanol–water partition coefficient (Wildman–Crippen LogP) is 1.68. The normalized spacial score (nSPS) is 16.1. The van der Waals surface area contributed by atoms with E-state index < -0.39 is 0 Å². The highest BCUT2D eigenvalue weighted by Gasteiger charge is 2.25. The molecule has 2 heterocycles. The van der Waals surface area contributed by atoms with Crippen LogP contribution in [0.2, 0.25) is 0 Å². The van der Waals surface area contributed by atoms with Crippen molar-refractivity contribution in [2.45, 2.75) is 26.8 Å². The Labute approximate surface area is 136 Å². The molecule has 0 aliphatic carbocycles. The summed E-state index contributed by atoms with van der Waals surface area (Å²) >= 11 is 1.54. The van der Waals surface area contributed by atoms with E-state index in [9.17, 15) is 9.59 Å². The van der Waals surface area contributed by atoms with E-state index in [2.05, 4.69) is 4.90 Å². The topological polar surface area (TPSA) is 43.9 Å². The van der Waals surface area contributed by atoms with E-state index in [0.29, 0.717) is 19.6 Å². The van der Waals surface area contributed by atoms with Crippen LogP contribution in [0.15, 0.2) is 12.1 Å². The molecular formula is C16H25N3O2S. The van der Waals surface area contributed by atoms with Crippen LogP contribution in [0.1, 0.15) is 28.4 Å². The molecule has 22 heavy (non-hydrogen) atoms. The minimum Gasteiger partial charge on any atom is -0.342 e. The zero-order chi connectivity index (χ0) is 16.3. The van der Waals surface area contributed by atoms with E-state index in [-0.39, 0.29) is 17.9 Å². The van der Waals surface area contributed by atoms with Gasteiger partial charge in [-0.15, -0.1) is 11.3 Å². The van der Waals surface area contributed by atoms with E-state index >= 15 is 0 Å². The molecule has 0 saturated carbocycles. The number of piperazine rings is 1. The summed E-state index contributed by atoms with van der Waals surface area (Å²) in [7, 11) is 1.84. The van der Waals surface area contributed by atoms with Crippen molar-refractivity contribution in [2.75, 3.05) is 39.8 Å². The zero-order valence-corrected chi connectivity index (χ0v) is 14.7. The van der Waals surface area contributed by atoms with Crippen molar-refractivity contribution in [1.82, 2.24) is 14.7 Å². The summed E-state index contributed by atoms with van der Waals surface area (Å²) in [6, 6.07) is 4.10. The van der Waals surface area contributed by atoms with Crippen molar-refractivity contribution in [3.8, 4) is 0 Å². The number of hydrogen-bond acceptors (Lipinski definition) is 4. The first-order valence-electron chi connectivity index (χ1n) is 7.72. The third-order valence-corrected chi connectivity index (χ3v) is 5.13. The van der Waals surface area contributed by atoms with E-state index in [1.807, 2.05) is 44.9 Å². The second kappa shape index (κ2) is 7.24. The van der Waals surface area contributed by atoms with Crippen LogP contribution in [-0.2, 0) is 4.79 Å². The van der Waals surface area contributed by atoms with Crippen molar-refractivity contribution in [3.63, 3.8) is 0 Å². The number of amides is 2. The molecule has 1 aliphatic rings. The lowest BCUT2D eigenvalue weighted by Crippen LogP contribution is -2.51. The molecule has 2 rings (SSSR count). The number of nitrogens with zero attached hydrogens (tertiary/aromatic N) is 3. The first-order valence-corrected chi connectivity index (χ1v) is 8.54. The van der Waals surface area contributed by atoms with E-state index in [4.69, 9.17) is 0 Å². The monoisotopic (exact) mass is 323 g/mol. The Hall–Kier alpha value is -1.40. The molecule has 1 aliphatic heterocycles. The highest BCUT2D eigenvalue weighted by atomic mass is 32.1. The maximum absolute atomic E-state index is 12.4. The summed E-state index contributed by atoms with van der Waals surface area (Å²) in [6.07, 6.45) is 0. The van der Waals surface area contributed by atoms with Gasteiger partial charge in [0, 0.05) is 44.1 Å². The Bertz CT molecular complexity index is 533. The summed E-state index contributed by atoms with van der Waals surface area (Å²) in [5.41, 5.74) is 0. The fourth-order valence-corrected chi connectivity index (χ4v) is 3.24. The molecule has 1 aromatic rings. The smallest absolute Gasteiger partial charge is 0.264 e. The minimum atomic E-state index is 0.114. The Balaban J connectivity index is 1.83. The lowest BCUT2D eigenvalue weighted by molar-refractivity contribution is -0.132.